The van der Waals surface area contributed by atoms with E-state index in [-0.39, 0.29) is 11.5 Å². The predicted molar refractivity (Wildman–Crippen MR) is 83.1 cm³/mol. The van der Waals surface area contributed by atoms with Crippen LogP contribution in [0.2, 0.25) is 0 Å². The summed E-state index contributed by atoms with van der Waals surface area (Å²) >= 11 is 0. The molecule has 0 heterocycles. The third-order valence-corrected chi connectivity index (χ3v) is 5.34. The van der Waals surface area contributed by atoms with Gasteiger partial charge >= 0.3 is 0 Å². The Hall–Kier alpha value is -1.11. The summed E-state index contributed by atoms with van der Waals surface area (Å²) in [5.74, 6) is 0.677. The molecule has 1 aromatic rings. The zero-order valence-electron chi connectivity index (χ0n) is 13.1. The first-order valence-electron chi connectivity index (χ1n) is 7.22. The van der Waals surface area contributed by atoms with E-state index < -0.39 is 15.6 Å². The van der Waals surface area contributed by atoms with Crippen LogP contribution in [0.5, 0.6) is 5.75 Å². The van der Waals surface area contributed by atoms with Crippen molar-refractivity contribution in [2.75, 3.05) is 13.2 Å². The van der Waals surface area contributed by atoms with Gasteiger partial charge in [0, 0.05) is 0 Å². The van der Waals surface area contributed by atoms with Gasteiger partial charge in [0.15, 0.2) is 0 Å². The van der Waals surface area contributed by atoms with Crippen LogP contribution >= 0.6 is 0 Å². The number of benzene rings is 1. The number of aryl methyl sites for hydroxylation is 1. The first-order valence-corrected chi connectivity index (χ1v) is 8.70. The largest absolute Gasteiger partial charge is 0.494 e. The molecule has 21 heavy (non-hydrogen) atoms. The van der Waals surface area contributed by atoms with Gasteiger partial charge in [-0.3, -0.25) is 0 Å². The van der Waals surface area contributed by atoms with Gasteiger partial charge in [-0.2, -0.15) is 0 Å². The summed E-state index contributed by atoms with van der Waals surface area (Å²) < 4.78 is 33.0. The monoisotopic (exact) mass is 315 g/mol. The van der Waals surface area contributed by atoms with Gasteiger partial charge in [0.1, 0.15) is 5.75 Å². The molecule has 6 heteroatoms. The molecule has 0 radical (unpaired) electrons. The second-order valence-corrected chi connectivity index (χ2v) is 6.79. The van der Waals surface area contributed by atoms with E-state index in [4.69, 9.17) is 4.74 Å². The standard InChI is InChI=1S/C15H25NO4S/c1-5-15(6-2,11-17)16-21(18,19)13-8-9-14(20-7-3)12(4)10-13/h8-10,16-17H,5-7,11H2,1-4H3. The molecule has 5 nitrogen and oxygen atoms in total. The second-order valence-electron chi connectivity index (χ2n) is 5.11. The lowest BCUT2D eigenvalue weighted by Crippen LogP contribution is -2.50. The number of hydrogen-bond donors (Lipinski definition) is 2. The fourth-order valence-corrected chi connectivity index (χ4v) is 3.72. The number of hydrogen-bond acceptors (Lipinski definition) is 4. The van der Waals surface area contributed by atoms with Crippen LogP contribution in [0.3, 0.4) is 0 Å². The summed E-state index contributed by atoms with van der Waals surface area (Å²) in [6, 6.07) is 4.76. The highest BCUT2D eigenvalue weighted by Gasteiger charge is 2.31. The fraction of sp³-hybridized carbons (Fsp3) is 0.600. The molecule has 0 unspecified atom stereocenters. The Morgan fingerprint density at radius 3 is 2.29 bits per heavy atom. The first kappa shape index (κ1) is 17.9. The van der Waals surface area contributed by atoms with Gasteiger partial charge in [0.25, 0.3) is 0 Å². The van der Waals surface area contributed by atoms with E-state index in [9.17, 15) is 13.5 Å². The maximum absolute atomic E-state index is 12.5. The Labute approximate surface area is 127 Å². The van der Waals surface area contributed by atoms with Crippen LogP contribution in [-0.4, -0.2) is 32.3 Å². The van der Waals surface area contributed by atoms with E-state index in [1.54, 1.807) is 12.1 Å². The summed E-state index contributed by atoms with van der Waals surface area (Å²) in [6.07, 6.45) is 1.05. The maximum Gasteiger partial charge on any atom is 0.241 e. The van der Waals surface area contributed by atoms with E-state index in [1.165, 1.54) is 6.07 Å². The first-order chi connectivity index (χ1) is 9.84. The number of ether oxygens (including phenoxy) is 1. The van der Waals surface area contributed by atoms with Crippen molar-refractivity contribution < 1.29 is 18.3 Å². The fourth-order valence-electron chi connectivity index (χ4n) is 2.10. The SMILES string of the molecule is CCOc1ccc(S(=O)(=O)NC(CC)(CC)CO)cc1C. The Kier molecular flexibility index (Phi) is 6.19. The van der Waals surface area contributed by atoms with Crippen LogP contribution in [0.4, 0.5) is 0 Å². The van der Waals surface area contributed by atoms with Crippen molar-refractivity contribution in [1.29, 1.82) is 0 Å². The van der Waals surface area contributed by atoms with E-state index in [0.717, 1.165) is 5.56 Å². The van der Waals surface area contributed by atoms with Crippen LogP contribution in [0.1, 0.15) is 39.2 Å². The Balaban J connectivity index is 3.11. The molecule has 120 valence electrons. The molecule has 1 rings (SSSR count). The summed E-state index contributed by atoms with van der Waals surface area (Å²) in [4.78, 5) is 0.183. The Bertz CT molecular complexity index is 557. The van der Waals surface area contributed by atoms with Gasteiger partial charge in [-0.1, -0.05) is 13.8 Å². The van der Waals surface area contributed by atoms with E-state index >= 15 is 0 Å². The average Bonchev–Trinajstić information content (AvgIpc) is 2.47. The van der Waals surface area contributed by atoms with E-state index in [0.29, 0.717) is 25.2 Å². The summed E-state index contributed by atoms with van der Waals surface area (Å²) in [7, 11) is -3.67. The molecular formula is C15H25NO4S. The van der Waals surface area contributed by atoms with Crippen molar-refractivity contribution in [3.8, 4) is 5.75 Å². The molecule has 0 amide bonds. The van der Waals surface area contributed by atoms with Crippen LogP contribution in [0.15, 0.2) is 23.1 Å². The minimum Gasteiger partial charge on any atom is -0.494 e. The number of sulfonamides is 1. The summed E-state index contributed by atoms with van der Waals surface area (Å²) in [5.41, 5.74) is -0.0481. The molecule has 0 aromatic heterocycles. The molecule has 0 bridgehead atoms. The second kappa shape index (κ2) is 7.24. The summed E-state index contributed by atoms with van der Waals surface area (Å²) in [5, 5.41) is 9.51. The lowest BCUT2D eigenvalue weighted by atomic mass is 9.96. The average molecular weight is 315 g/mol. The third kappa shape index (κ3) is 4.18. The van der Waals surface area contributed by atoms with Gasteiger partial charge in [-0.25, -0.2) is 13.1 Å². The molecule has 0 aliphatic rings. The molecule has 0 spiro atoms. The van der Waals surface area contributed by atoms with Gasteiger partial charge in [-0.15, -0.1) is 0 Å². The minimum atomic E-state index is -3.67. The normalized spacial score (nSPS) is 12.4. The minimum absolute atomic E-state index is 0.183. The van der Waals surface area contributed by atoms with Gasteiger partial charge in [-0.05, 0) is 50.5 Å². The van der Waals surface area contributed by atoms with Crippen molar-refractivity contribution in [1.82, 2.24) is 4.72 Å². The van der Waals surface area contributed by atoms with Crippen LogP contribution in [0, 0.1) is 6.92 Å². The zero-order chi connectivity index (χ0) is 16.1. The molecule has 0 aliphatic heterocycles. The molecule has 2 N–H and O–H groups in total. The van der Waals surface area contributed by atoms with Crippen LogP contribution in [0.25, 0.3) is 0 Å². The van der Waals surface area contributed by atoms with E-state index in [1.807, 2.05) is 27.7 Å². The number of aliphatic hydroxyl groups is 1. The molecule has 0 aliphatic carbocycles. The van der Waals surface area contributed by atoms with Crippen molar-refractivity contribution in [3.63, 3.8) is 0 Å². The van der Waals surface area contributed by atoms with Crippen molar-refractivity contribution >= 4 is 10.0 Å². The van der Waals surface area contributed by atoms with E-state index in [2.05, 4.69) is 4.72 Å². The number of nitrogens with one attached hydrogen (secondary N) is 1. The predicted octanol–water partition coefficient (Wildman–Crippen LogP) is 2.22. The Morgan fingerprint density at radius 1 is 1.24 bits per heavy atom. The maximum atomic E-state index is 12.5. The Morgan fingerprint density at radius 2 is 1.86 bits per heavy atom. The van der Waals surface area contributed by atoms with Gasteiger partial charge < -0.3 is 9.84 Å². The number of rotatable bonds is 8. The lowest BCUT2D eigenvalue weighted by molar-refractivity contribution is 0.172. The molecule has 0 atom stereocenters. The van der Waals surface area contributed by atoms with Crippen molar-refractivity contribution in [2.24, 2.45) is 0 Å². The highest BCUT2D eigenvalue weighted by molar-refractivity contribution is 7.89. The molecule has 0 saturated heterocycles. The number of aliphatic hydroxyl groups excluding tert-OH is 1. The van der Waals surface area contributed by atoms with Crippen molar-refractivity contribution in [2.45, 2.75) is 51.0 Å². The van der Waals surface area contributed by atoms with Crippen LogP contribution in [-0.2, 0) is 10.0 Å². The highest BCUT2D eigenvalue weighted by Crippen LogP contribution is 2.24. The molecule has 0 saturated carbocycles. The summed E-state index contributed by atoms with van der Waals surface area (Å²) in [6.45, 7) is 7.70. The quantitative estimate of drug-likeness (QED) is 0.771. The topological polar surface area (TPSA) is 75.6 Å². The lowest BCUT2D eigenvalue weighted by Gasteiger charge is -2.30. The van der Waals surface area contributed by atoms with Gasteiger partial charge in [0.05, 0.1) is 23.6 Å². The molecule has 0 fully saturated rings. The highest BCUT2D eigenvalue weighted by atomic mass is 32.2. The third-order valence-electron chi connectivity index (χ3n) is 3.76. The smallest absolute Gasteiger partial charge is 0.241 e. The van der Waals surface area contributed by atoms with Crippen molar-refractivity contribution in [3.05, 3.63) is 23.8 Å². The molecular weight excluding hydrogens is 290 g/mol. The van der Waals surface area contributed by atoms with Gasteiger partial charge in [0.2, 0.25) is 10.0 Å². The zero-order valence-corrected chi connectivity index (χ0v) is 14.0. The molecule has 1 aromatic carbocycles. The van der Waals surface area contributed by atoms with Crippen LogP contribution < -0.4 is 9.46 Å².